The first-order valence-corrected chi connectivity index (χ1v) is 6.33. The molecule has 0 aliphatic carbocycles. The molecule has 0 heterocycles. The van der Waals surface area contributed by atoms with E-state index in [0.29, 0.717) is 10.6 Å². The Labute approximate surface area is 117 Å². The molecule has 0 fully saturated rings. The average molecular weight is 287 g/mol. The quantitative estimate of drug-likeness (QED) is 0.645. The number of hydrogen-bond acceptors (Lipinski definition) is 4. The molecule has 0 unspecified atom stereocenters. The van der Waals surface area contributed by atoms with E-state index in [-0.39, 0.29) is 12.2 Å². The van der Waals surface area contributed by atoms with Crippen molar-refractivity contribution < 1.29 is 10.0 Å². The standard InChI is InChI=1S/C13H19ClN2O3/c1-12(2,13(3,4)17)15-8-9-10(14)6-5-7-11(9)16(18)19/h5-7,15,17H,8H2,1-4H3. The molecule has 0 aliphatic heterocycles. The molecule has 106 valence electrons. The van der Waals surface area contributed by atoms with Crippen LogP contribution < -0.4 is 5.32 Å². The van der Waals surface area contributed by atoms with Crippen LogP contribution in [0.2, 0.25) is 5.02 Å². The van der Waals surface area contributed by atoms with Gasteiger partial charge in [-0.3, -0.25) is 10.1 Å². The summed E-state index contributed by atoms with van der Waals surface area (Å²) in [4.78, 5) is 10.5. The van der Waals surface area contributed by atoms with Crippen molar-refractivity contribution in [1.29, 1.82) is 0 Å². The average Bonchev–Trinajstić information content (AvgIpc) is 2.25. The molecule has 1 aromatic rings. The smallest absolute Gasteiger partial charge is 0.275 e. The molecular weight excluding hydrogens is 268 g/mol. The maximum absolute atomic E-state index is 11.0. The first kappa shape index (κ1) is 15.9. The molecule has 0 aliphatic rings. The van der Waals surface area contributed by atoms with Gasteiger partial charge in [-0.2, -0.15) is 0 Å². The van der Waals surface area contributed by atoms with Crippen molar-refractivity contribution in [3.8, 4) is 0 Å². The topological polar surface area (TPSA) is 75.4 Å². The lowest BCUT2D eigenvalue weighted by atomic mass is 9.86. The van der Waals surface area contributed by atoms with Gasteiger partial charge in [0, 0.05) is 18.2 Å². The van der Waals surface area contributed by atoms with E-state index in [9.17, 15) is 15.2 Å². The summed E-state index contributed by atoms with van der Waals surface area (Å²) in [7, 11) is 0. The van der Waals surface area contributed by atoms with Crippen LogP contribution in [0.5, 0.6) is 0 Å². The van der Waals surface area contributed by atoms with Crippen molar-refractivity contribution in [2.75, 3.05) is 0 Å². The van der Waals surface area contributed by atoms with Gasteiger partial charge in [-0.25, -0.2) is 0 Å². The molecular formula is C13H19ClN2O3. The Kier molecular flexibility index (Phi) is 4.55. The Morgan fingerprint density at radius 3 is 2.42 bits per heavy atom. The Hall–Kier alpha value is -1.17. The fraction of sp³-hybridized carbons (Fsp3) is 0.538. The van der Waals surface area contributed by atoms with Gasteiger partial charge in [0.2, 0.25) is 0 Å². The number of nitrogens with zero attached hydrogens (tertiary/aromatic N) is 1. The minimum atomic E-state index is -0.969. The van der Waals surface area contributed by atoms with Crippen LogP contribution in [0.15, 0.2) is 18.2 Å². The van der Waals surface area contributed by atoms with Gasteiger partial charge in [0.25, 0.3) is 5.69 Å². The van der Waals surface area contributed by atoms with Crippen LogP contribution in [0.1, 0.15) is 33.3 Å². The summed E-state index contributed by atoms with van der Waals surface area (Å²) in [5.74, 6) is 0. The third kappa shape index (κ3) is 3.65. The molecule has 0 bridgehead atoms. The van der Waals surface area contributed by atoms with Gasteiger partial charge >= 0.3 is 0 Å². The Morgan fingerprint density at radius 2 is 1.95 bits per heavy atom. The summed E-state index contributed by atoms with van der Waals surface area (Å²) in [5, 5.41) is 24.5. The van der Waals surface area contributed by atoms with E-state index in [1.54, 1.807) is 26.0 Å². The Balaban J connectivity index is 2.99. The molecule has 1 rings (SSSR count). The SMILES string of the molecule is CC(C)(O)C(C)(C)NCc1c(Cl)cccc1[N+](=O)[O-]. The zero-order chi connectivity index (χ0) is 14.8. The summed E-state index contributed by atoms with van der Waals surface area (Å²) in [6.07, 6.45) is 0. The first-order chi connectivity index (χ1) is 8.56. The van der Waals surface area contributed by atoms with Gasteiger partial charge in [0.05, 0.1) is 21.1 Å². The van der Waals surface area contributed by atoms with Crippen LogP contribution in [0.4, 0.5) is 5.69 Å². The molecule has 1 aromatic carbocycles. The van der Waals surface area contributed by atoms with Gasteiger partial charge in [-0.1, -0.05) is 17.7 Å². The summed E-state index contributed by atoms with van der Waals surface area (Å²) in [5.41, 5.74) is -1.18. The molecule has 5 nitrogen and oxygen atoms in total. The number of nitrogens with one attached hydrogen (secondary N) is 1. The van der Waals surface area contributed by atoms with E-state index in [1.165, 1.54) is 6.07 Å². The van der Waals surface area contributed by atoms with E-state index >= 15 is 0 Å². The van der Waals surface area contributed by atoms with E-state index in [2.05, 4.69) is 5.32 Å². The summed E-state index contributed by atoms with van der Waals surface area (Å²) in [6, 6.07) is 4.58. The number of nitro groups is 1. The predicted octanol–water partition coefficient (Wildman–Crippen LogP) is 2.89. The summed E-state index contributed by atoms with van der Waals surface area (Å²) < 4.78 is 0. The lowest BCUT2D eigenvalue weighted by Gasteiger charge is -2.38. The van der Waals surface area contributed by atoms with E-state index in [4.69, 9.17) is 11.6 Å². The molecule has 6 heteroatoms. The largest absolute Gasteiger partial charge is 0.389 e. The molecule has 0 aromatic heterocycles. The molecule has 0 amide bonds. The lowest BCUT2D eigenvalue weighted by molar-refractivity contribution is -0.385. The molecule has 0 saturated heterocycles. The minimum absolute atomic E-state index is 0.0217. The summed E-state index contributed by atoms with van der Waals surface area (Å²) in [6.45, 7) is 7.24. The second-order valence-corrected chi connectivity index (χ2v) is 5.94. The van der Waals surface area contributed by atoms with Crippen molar-refractivity contribution in [3.63, 3.8) is 0 Å². The van der Waals surface area contributed by atoms with E-state index in [0.717, 1.165) is 0 Å². The van der Waals surface area contributed by atoms with Crippen LogP contribution in [0.3, 0.4) is 0 Å². The van der Waals surface area contributed by atoms with Crippen molar-refractivity contribution in [2.45, 2.75) is 45.4 Å². The predicted molar refractivity (Wildman–Crippen MR) is 75.3 cm³/mol. The minimum Gasteiger partial charge on any atom is -0.389 e. The molecule has 0 radical (unpaired) electrons. The monoisotopic (exact) mass is 286 g/mol. The van der Waals surface area contributed by atoms with E-state index in [1.807, 2.05) is 13.8 Å². The zero-order valence-corrected chi connectivity index (χ0v) is 12.3. The van der Waals surface area contributed by atoms with Gasteiger partial charge in [-0.15, -0.1) is 0 Å². The highest BCUT2D eigenvalue weighted by Crippen LogP contribution is 2.28. The maximum Gasteiger partial charge on any atom is 0.275 e. The highest BCUT2D eigenvalue weighted by atomic mass is 35.5. The Morgan fingerprint density at radius 1 is 1.37 bits per heavy atom. The third-order valence-electron chi connectivity index (χ3n) is 3.53. The second-order valence-electron chi connectivity index (χ2n) is 5.53. The normalized spacial score (nSPS) is 12.5. The van der Waals surface area contributed by atoms with E-state index < -0.39 is 16.1 Å². The van der Waals surface area contributed by atoms with Gasteiger partial charge in [0.1, 0.15) is 0 Å². The van der Waals surface area contributed by atoms with Gasteiger partial charge < -0.3 is 10.4 Å². The number of benzene rings is 1. The number of hydrogen-bond donors (Lipinski definition) is 2. The number of nitro benzene ring substituents is 1. The highest BCUT2D eigenvalue weighted by Gasteiger charge is 2.35. The lowest BCUT2D eigenvalue weighted by Crippen LogP contribution is -2.55. The molecule has 19 heavy (non-hydrogen) atoms. The number of rotatable bonds is 5. The van der Waals surface area contributed by atoms with Gasteiger partial charge in [0.15, 0.2) is 0 Å². The highest BCUT2D eigenvalue weighted by molar-refractivity contribution is 6.31. The molecule has 0 spiro atoms. The molecule has 0 saturated carbocycles. The van der Waals surface area contributed by atoms with Crippen LogP contribution in [0, 0.1) is 10.1 Å². The first-order valence-electron chi connectivity index (χ1n) is 5.95. The Bertz CT molecular complexity index is 481. The maximum atomic E-state index is 11.0. The van der Waals surface area contributed by atoms with Crippen LogP contribution in [0.25, 0.3) is 0 Å². The van der Waals surface area contributed by atoms with Crippen molar-refractivity contribution in [3.05, 3.63) is 38.9 Å². The second kappa shape index (κ2) is 5.45. The zero-order valence-electron chi connectivity index (χ0n) is 11.5. The number of halogens is 1. The van der Waals surface area contributed by atoms with Crippen molar-refractivity contribution in [1.82, 2.24) is 5.32 Å². The fourth-order valence-electron chi connectivity index (χ4n) is 1.42. The number of aliphatic hydroxyl groups is 1. The van der Waals surface area contributed by atoms with Crippen LogP contribution >= 0.6 is 11.6 Å². The summed E-state index contributed by atoms with van der Waals surface area (Å²) >= 11 is 6.01. The molecule has 2 N–H and O–H groups in total. The fourth-order valence-corrected chi connectivity index (χ4v) is 1.66. The van der Waals surface area contributed by atoms with Crippen molar-refractivity contribution >= 4 is 17.3 Å². The van der Waals surface area contributed by atoms with Gasteiger partial charge in [-0.05, 0) is 33.8 Å². The molecule has 0 atom stereocenters. The van der Waals surface area contributed by atoms with Crippen LogP contribution in [-0.2, 0) is 6.54 Å². The van der Waals surface area contributed by atoms with Crippen molar-refractivity contribution in [2.24, 2.45) is 0 Å². The third-order valence-corrected chi connectivity index (χ3v) is 3.88. The van der Waals surface area contributed by atoms with Crippen LogP contribution in [-0.4, -0.2) is 21.2 Å².